The zero-order valence-corrected chi connectivity index (χ0v) is 9.64. The van der Waals surface area contributed by atoms with E-state index < -0.39 is 25.5 Å². The van der Waals surface area contributed by atoms with Crippen molar-refractivity contribution in [1.29, 1.82) is 0 Å². The molecule has 17 heavy (non-hydrogen) atoms. The molecule has 0 aromatic heterocycles. The fourth-order valence-corrected chi connectivity index (χ4v) is 2.01. The minimum absolute atomic E-state index is 0.306. The van der Waals surface area contributed by atoms with Crippen molar-refractivity contribution in [3.05, 3.63) is 34.4 Å². The molecule has 0 aliphatic rings. The van der Waals surface area contributed by atoms with Crippen LogP contribution in [0.5, 0.6) is 0 Å². The summed E-state index contributed by atoms with van der Waals surface area (Å²) in [5.41, 5.74) is -0.527. The fraction of sp³-hybridized carbons (Fsp3) is 0.250. The van der Waals surface area contributed by atoms with Gasteiger partial charge in [-0.2, -0.15) is 0 Å². The van der Waals surface area contributed by atoms with Gasteiger partial charge in [-0.25, -0.2) is 8.42 Å². The molecule has 94 valence electrons. The maximum atomic E-state index is 11.6. The van der Waals surface area contributed by atoms with Crippen molar-refractivity contribution < 1.29 is 22.9 Å². The van der Waals surface area contributed by atoms with Gasteiger partial charge in [0.2, 0.25) is 0 Å². The first-order valence-corrected chi connectivity index (χ1v) is 5.83. The summed E-state index contributed by atoms with van der Waals surface area (Å²) in [6, 6.07) is 4.94. The monoisotopic (exact) mass is 262 g/mol. The molecule has 0 amide bonds. The van der Waals surface area contributed by atoms with Crippen LogP contribution in [0.25, 0.3) is 0 Å². The Kier molecular flexibility index (Phi) is 4.52. The summed E-state index contributed by atoms with van der Waals surface area (Å²) in [6.07, 6.45) is 0. The minimum Gasteiger partial charge on any atom is -0.357 e. The number of nitro groups is 1. The van der Waals surface area contributed by atoms with Crippen molar-refractivity contribution in [2.24, 2.45) is 0 Å². The highest BCUT2D eigenvalue weighted by molar-refractivity contribution is 7.89. The summed E-state index contributed by atoms with van der Waals surface area (Å²) >= 11 is 0. The van der Waals surface area contributed by atoms with Crippen LogP contribution in [-0.4, -0.2) is 27.2 Å². The maximum absolute atomic E-state index is 11.6. The van der Waals surface area contributed by atoms with Gasteiger partial charge in [0.05, 0.1) is 4.92 Å². The van der Waals surface area contributed by atoms with Crippen molar-refractivity contribution in [2.45, 2.75) is 4.90 Å². The molecular weight excluding hydrogens is 252 g/mol. The molecule has 1 aromatic rings. The smallest absolute Gasteiger partial charge is 0.289 e. The van der Waals surface area contributed by atoms with E-state index in [1.54, 1.807) is 4.89 Å². The Morgan fingerprint density at radius 1 is 1.41 bits per heavy atom. The first-order chi connectivity index (χ1) is 7.99. The molecule has 0 bridgehead atoms. The molecule has 1 aromatic carbocycles. The molecule has 0 radical (unpaired) electrons. The van der Waals surface area contributed by atoms with Crippen molar-refractivity contribution in [3.63, 3.8) is 0 Å². The quantitative estimate of drug-likeness (QED) is 0.344. The van der Waals surface area contributed by atoms with Crippen LogP contribution >= 0.6 is 0 Å². The number of hydrogen-bond acceptors (Lipinski definition) is 6. The van der Waals surface area contributed by atoms with Gasteiger partial charge in [0, 0.05) is 13.2 Å². The number of benzene rings is 1. The van der Waals surface area contributed by atoms with Gasteiger partial charge in [-0.1, -0.05) is 17.0 Å². The number of nitrogens with zero attached hydrogens (tertiary/aromatic N) is 1. The Balaban J connectivity index is 3.02. The molecule has 0 fully saturated rings. The SMILES string of the molecule is COCONS(=O)(=O)c1ccccc1[N+](=O)[O-]. The van der Waals surface area contributed by atoms with Crippen LogP contribution in [0.15, 0.2) is 29.2 Å². The third-order valence-electron chi connectivity index (χ3n) is 1.70. The molecule has 1 N–H and O–H groups in total. The molecule has 0 saturated heterocycles. The number of hydrogen-bond donors (Lipinski definition) is 1. The lowest BCUT2D eigenvalue weighted by Gasteiger charge is -2.06. The van der Waals surface area contributed by atoms with Crippen molar-refractivity contribution in [1.82, 2.24) is 4.89 Å². The number of nitrogens with one attached hydrogen (secondary N) is 1. The van der Waals surface area contributed by atoms with Gasteiger partial charge in [-0.15, -0.1) is 0 Å². The van der Waals surface area contributed by atoms with Crippen molar-refractivity contribution >= 4 is 15.7 Å². The maximum Gasteiger partial charge on any atom is 0.289 e. The molecule has 0 saturated carbocycles. The summed E-state index contributed by atoms with van der Waals surface area (Å²) in [7, 11) is -2.80. The predicted octanol–water partition coefficient (Wildman–Crippen LogP) is 0.409. The van der Waals surface area contributed by atoms with Gasteiger partial charge in [-0.3, -0.25) is 15.0 Å². The number of nitro benzene ring substituents is 1. The Bertz CT molecular complexity index is 500. The van der Waals surface area contributed by atoms with Crippen LogP contribution in [0, 0.1) is 10.1 Å². The number of rotatable bonds is 6. The van der Waals surface area contributed by atoms with Crippen LogP contribution in [0.1, 0.15) is 0 Å². The summed E-state index contributed by atoms with van der Waals surface area (Å²) in [5.74, 6) is 0. The lowest BCUT2D eigenvalue weighted by atomic mass is 10.3. The largest absolute Gasteiger partial charge is 0.357 e. The van der Waals surface area contributed by atoms with Crippen LogP contribution < -0.4 is 4.89 Å². The normalized spacial score (nSPS) is 11.4. The van der Waals surface area contributed by atoms with Crippen LogP contribution in [-0.2, 0) is 19.6 Å². The van der Waals surface area contributed by atoms with Crippen molar-refractivity contribution in [2.75, 3.05) is 13.9 Å². The Morgan fingerprint density at radius 3 is 2.65 bits per heavy atom. The number of methoxy groups -OCH3 is 1. The van der Waals surface area contributed by atoms with Crippen LogP contribution in [0.3, 0.4) is 0 Å². The fourth-order valence-electron chi connectivity index (χ4n) is 1.04. The number of sulfonamides is 1. The molecule has 0 spiro atoms. The summed E-state index contributed by atoms with van der Waals surface area (Å²) in [6.45, 7) is -0.306. The lowest BCUT2D eigenvalue weighted by molar-refractivity contribution is -0.387. The first-order valence-electron chi connectivity index (χ1n) is 4.35. The van der Waals surface area contributed by atoms with E-state index in [0.717, 1.165) is 12.1 Å². The molecular formula is C8H10N2O6S. The van der Waals surface area contributed by atoms with E-state index in [1.165, 1.54) is 19.2 Å². The van der Waals surface area contributed by atoms with E-state index in [9.17, 15) is 18.5 Å². The van der Waals surface area contributed by atoms with E-state index in [4.69, 9.17) is 0 Å². The van der Waals surface area contributed by atoms with E-state index in [1.807, 2.05) is 0 Å². The zero-order chi connectivity index (χ0) is 12.9. The average molecular weight is 262 g/mol. The highest BCUT2D eigenvalue weighted by atomic mass is 32.2. The molecule has 0 atom stereocenters. The van der Waals surface area contributed by atoms with Gasteiger partial charge in [0.1, 0.15) is 0 Å². The predicted molar refractivity (Wildman–Crippen MR) is 56.4 cm³/mol. The molecule has 0 aliphatic heterocycles. The molecule has 0 heterocycles. The summed E-state index contributed by atoms with van der Waals surface area (Å²) in [5, 5.41) is 10.6. The van der Waals surface area contributed by atoms with E-state index in [-0.39, 0.29) is 6.79 Å². The number of ether oxygens (including phenoxy) is 1. The van der Waals surface area contributed by atoms with Gasteiger partial charge >= 0.3 is 0 Å². The highest BCUT2D eigenvalue weighted by Gasteiger charge is 2.25. The zero-order valence-electron chi connectivity index (χ0n) is 8.82. The van der Waals surface area contributed by atoms with Gasteiger partial charge in [0.15, 0.2) is 11.7 Å². The Labute approximate surface area is 97.3 Å². The van der Waals surface area contributed by atoms with Crippen LogP contribution in [0.2, 0.25) is 0 Å². The average Bonchev–Trinajstić information content (AvgIpc) is 2.29. The van der Waals surface area contributed by atoms with Gasteiger partial charge in [-0.05, 0) is 6.07 Å². The molecule has 8 nitrogen and oxygen atoms in total. The van der Waals surface area contributed by atoms with E-state index >= 15 is 0 Å². The Hall–Kier alpha value is -1.55. The second-order valence-electron chi connectivity index (χ2n) is 2.86. The second-order valence-corrected chi connectivity index (χ2v) is 4.48. The molecule has 9 heteroatoms. The van der Waals surface area contributed by atoms with Crippen LogP contribution in [0.4, 0.5) is 5.69 Å². The third-order valence-corrected chi connectivity index (χ3v) is 2.96. The molecule has 1 rings (SSSR count). The minimum atomic E-state index is -4.10. The van der Waals surface area contributed by atoms with E-state index in [2.05, 4.69) is 9.57 Å². The standard InChI is InChI=1S/C8H10N2O6S/c1-15-6-16-9-17(13,14)8-5-3-2-4-7(8)10(11)12/h2-5,9H,6H2,1H3. The van der Waals surface area contributed by atoms with Gasteiger partial charge < -0.3 is 4.74 Å². The molecule has 0 unspecified atom stereocenters. The van der Waals surface area contributed by atoms with Crippen molar-refractivity contribution in [3.8, 4) is 0 Å². The van der Waals surface area contributed by atoms with Gasteiger partial charge in [0.25, 0.3) is 15.7 Å². The number of para-hydroxylation sites is 1. The third kappa shape index (κ3) is 3.46. The first kappa shape index (κ1) is 13.5. The second kappa shape index (κ2) is 5.68. The summed E-state index contributed by atoms with van der Waals surface area (Å²) < 4.78 is 27.7. The lowest BCUT2D eigenvalue weighted by Crippen LogP contribution is -2.25. The van der Waals surface area contributed by atoms with E-state index in [0.29, 0.717) is 0 Å². The summed E-state index contributed by atoms with van der Waals surface area (Å²) in [4.78, 5) is 15.6. The molecule has 0 aliphatic carbocycles. The topological polar surface area (TPSA) is 108 Å². The highest BCUT2D eigenvalue weighted by Crippen LogP contribution is 2.22. The Morgan fingerprint density at radius 2 is 2.06 bits per heavy atom.